The topological polar surface area (TPSA) is 70.1 Å². The van der Waals surface area contributed by atoms with Crippen LogP contribution in [0.4, 0.5) is 5.82 Å². The van der Waals surface area contributed by atoms with E-state index in [2.05, 4.69) is 9.84 Å². The zero-order valence-corrected chi connectivity index (χ0v) is 10.6. The smallest absolute Gasteiger partial charge is 0.343 e. The molecule has 0 radical (unpaired) electrons. The molecule has 0 aliphatic rings. The number of hydrogen-bond acceptors (Lipinski definition) is 4. The summed E-state index contributed by atoms with van der Waals surface area (Å²) >= 11 is 0. The van der Waals surface area contributed by atoms with E-state index >= 15 is 0 Å². The monoisotopic (exact) mass is 245 g/mol. The Balaban J connectivity index is 2.60. The fraction of sp³-hybridized carbons (Fsp3) is 0.231. The number of para-hydroxylation sites is 1. The van der Waals surface area contributed by atoms with Gasteiger partial charge in [-0.3, -0.25) is 0 Å². The molecule has 94 valence electrons. The summed E-state index contributed by atoms with van der Waals surface area (Å²) in [5, 5.41) is 4.17. The Morgan fingerprint density at radius 1 is 1.33 bits per heavy atom. The van der Waals surface area contributed by atoms with Crippen molar-refractivity contribution in [1.29, 1.82) is 0 Å². The van der Waals surface area contributed by atoms with Crippen LogP contribution < -0.4 is 5.73 Å². The molecule has 0 saturated carbocycles. The van der Waals surface area contributed by atoms with E-state index in [0.717, 1.165) is 16.8 Å². The van der Waals surface area contributed by atoms with Crippen molar-refractivity contribution in [2.45, 2.75) is 13.8 Å². The van der Waals surface area contributed by atoms with Gasteiger partial charge in [0.25, 0.3) is 0 Å². The molecular weight excluding hydrogens is 230 g/mol. The third-order valence-electron chi connectivity index (χ3n) is 2.86. The lowest BCUT2D eigenvalue weighted by atomic mass is 10.1. The number of nitrogens with two attached hydrogens (primary N) is 1. The predicted molar refractivity (Wildman–Crippen MR) is 68.8 cm³/mol. The first-order valence-electron chi connectivity index (χ1n) is 5.54. The van der Waals surface area contributed by atoms with Gasteiger partial charge in [0, 0.05) is 0 Å². The molecule has 0 amide bonds. The number of nitrogen functional groups attached to an aromatic ring is 1. The Morgan fingerprint density at radius 2 is 1.94 bits per heavy atom. The van der Waals surface area contributed by atoms with Gasteiger partial charge in [0.05, 0.1) is 19.0 Å². The Labute approximate surface area is 105 Å². The molecule has 0 bridgehead atoms. The van der Waals surface area contributed by atoms with Crippen LogP contribution in [0.1, 0.15) is 21.5 Å². The minimum absolute atomic E-state index is 0.278. The molecule has 18 heavy (non-hydrogen) atoms. The van der Waals surface area contributed by atoms with Crippen LogP contribution in [0.3, 0.4) is 0 Å². The third-order valence-corrected chi connectivity index (χ3v) is 2.86. The average Bonchev–Trinajstić information content (AvgIpc) is 2.71. The maximum absolute atomic E-state index is 11.5. The molecule has 0 unspecified atom stereocenters. The lowest BCUT2D eigenvalue weighted by Gasteiger charge is -2.11. The number of anilines is 1. The fourth-order valence-electron chi connectivity index (χ4n) is 1.94. The Morgan fingerprint density at radius 3 is 2.50 bits per heavy atom. The van der Waals surface area contributed by atoms with Crippen molar-refractivity contribution in [3.05, 3.63) is 41.1 Å². The molecule has 0 saturated heterocycles. The van der Waals surface area contributed by atoms with Crippen molar-refractivity contribution in [2.24, 2.45) is 0 Å². The van der Waals surface area contributed by atoms with E-state index in [0.29, 0.717) is 5.82 Å². The molecular formula is C13H15N3O2. The maximum atomic E-state index is 11.5. The molecule has 0 aliphatic carbocycles. The van der Waals surface area contributed by atoms with Crippen LogP contribution in [0.25, 0.3) is 5.69 Å². The highest BCUT2D eigenvalue weighted by Crippen LogP contribution is 2.23. The molecule has 2 aromatic rings. The minimum Gasteiger partial charge on any atom is -0.465 e. The summed E-state index contributed by atoms with van der Waals surface area (Å²) in [5.74, 6) is -0.191. The molecule has 1 aromatic carbocycles. The van der Waals surface area contributed by atoms with Crippen LogP contribution in [0.5, 0.6) is 0 Å². The van der Waals surface area contributed by atoms with Gasteiger partial charge in [-0.25, -0.2) is 9.48 Å². The zero-order chi connectivity index (χ0) is 13.3. The Hall–Kier alpha value is -2.30. The second-order valence-corrected chi connectivity index (χ2v) is 4.09. The van der Waals surface area contributed by atoms with E-state index < -0.39 is 5.97 Å². The Bertz CT molecular complexity index is 582. The number of methoxy groups -OCH3 is 1. The standard InChI is InChI=1S/C13H15N3O2/c1-8-5-4-6-9(2)11(8)16-12(14)10(7-15-16)13(17)18-3/h4-7H,14H2,1-3H3. The number of esters is 1. The van der Waals surface area contributed by atoms with Crippen molar-refractivity contribution >= 4 is 11.8 Å². The second-order valence-electron chi connectivity index (χ2n) is 4.09. The number of carbonyl (C=O) groups excluding carboxylic acids is 1. The van der Waals surface area contributed by atoms with E-state index in [-0.39, 0.29) is 5.56 Å². The highest BCUT2D eigenvalue weighted by Gasteiger charge is 2.18. The molecule has 1 aromatic heterocycles. The van der Waals surface area contributed by atoms with Gasteiger partial charge in [-0.15, -0.1) is 0 Å². The molecule has 2 rings (SSSR count). The van der Waals surface area contributed by atoms with Gasteiger partial charge in [0.2, 0.25) is 0 Å². The lowest BCUT2D eigenvalue weighted by molar-refractivity contribution is 0.0602. The molecule has 0 fully saturated rings. The van der Waals surface area contributed by atoms with Crippen molar-refractivity contribution in [3.8, 4) is 5.69 Å². The number of ether oxygens (including phenoxy) is 1. The van der Waals surface area contributed by atoms with Crippen LogP contribution in [-0.2, 0) is 4.74 Å². The normalized spacial score (nSPS) is 10.4. The van der Waals surface area contributed by atoms with Crippen LogP contribution in [0.15, 0.2) is 24.4 Å². The van der Waals surface area contributed by atoms with Gasteiger partial charge >= 0.3 is 5.97 Å². The number of benzene rings is 1. The number of nitrogens with zero attached hydrogens (tertiary/aromatic N) is 2. The van der Waals surface area contributed by atoms with Crippen LogP contribution in [0, 0.1) is 13.8 Å². The van der Waals surface area contributed by atoms with E-state index in [9.17, 15) is 4.79 Å². The number of aryl methyl sites for hydroxylation is 2. The SMILES string of the molecule is COC(=O)c1cnn(-c2c(C)cccc2C)c1N. The molecule has 5 heteroatoms. The van der Waals surface area contributed by atoms with Crippen molar-refractivity contribution in [3.63, 3.8) is 0 Å². The minimum atomic E-state index is -0.481. The average molecular weight is 245 g/mol. The number of hydrogen-bond donors (Lipinski definition) is 1. The van der Waals surface area contributed by atoms with Crippen molar-refractivity contribution < 1.29 is 9.53 Å². The second kappa shape index (κ2) is 4.52. The van der Waals surface area contributed by atoms with Gasteiger partial charge in [-0.2, -0.15) is 5.10 Å². The van der Waals surface area contributed by atoms with E-state index in [4.69, 9.17) is 5.73 Å². The van der Waals surface area contributed by atoms with Crippen LogP contribution >= 0.6 is 0 Å². The summed E-state index contributed by atoms with van der Waals surface area (Å²) in [6.45, 7) is 3.95. The molecule has 0 aliphatic heterocycles. The fourth-order valence-corrected chi connectivity index (χ4v) is 1.94. The zero-order valence-electron chi connectivity index (χ0n) is 10.6. The third kappa shape index (κ3) is 1.84. The van der Waals surface area contributed by atoms with Gasteiger partial charge < -0.3 is 10.5 Å². The first-order chi connectivity index (χ1) is 8.56. The largest absolute Gasteiger partial charge is 0.465 e. The first kappa shape index (κ1) is 12.2. The molecule has 0 atom stereocenters. The molecule has 1 heterocycles. The number of carbonyl (C=O) groups is 1. The van der Waals surface area contributed by atoms with Gasteiger partial charge in [0.15, 0.2) is 0 Å². The van der Waals surface area contributed by atoms with Gasteiger partial charge in [-0.1, -0.05) is 18.2 Å². The molecule has 5 nitrogen and oxygen atoms in total. The summed E-state index contributed by atoms with van der Waals surface area (Å²) in [6.07, 6.45) is 1.42. The number of aromatic nitrogens is 2. The van der Waals surface area contributed by atoms with Crippen molar-refractivity contribution in [2.75, 3.05) is 12.8 Å². The summed E-state index contributed by atoms with van der Waals surface area (Å²) < 4.78 is 6.22. The van der Waals surface area contributed by atoms with E-state index in [1.165, 1.54) is 13.3 Å². The van der Waals surface area contributed by atoms with Crippen LogP contribution in [0.2, 0.25) is 0 Å². The lowest BCUT2D eigenvalue weighted by Crippen LogP contribution is -2.09. The quantitative estimate of drug-likeness (QED) is 0.820. The van der Waals surface area contributed by atoms with Gasteiger partial charge in [0.1, 0.15) is 11.4 Å². The van der Waals surface area contributed by atoms with E-state index in [1.54, 1.807) is 4.68 Å². The van der Waals surface area contributed by atoms with E-state index in [1.807, 2.05) is 32.0 Å². The Kier molecular flexibility index (Phi) is 3.06. The summed E-state index contributed by atoms with van der Waals surface area (Å²) in [7, 11) is 1.32. The highest BCUT2D eigenvalue weighted by atomic mass is 16.5. The number of rotatable bonds is 2. The first-order valence-corrected chi connectivity index (χ1v) is 5.54. The summed E-state index contributed by atoms with van der Waals surface area (Å²) in [6, 6.07) is 5.91. The summed E-state index contributed by atoms with van der Waals surface area (Å²) in [5.41, 5.74) is 9.21. The van der Waals surface area contributed by atoms with Gasteiger partial charge in [-0.05, 0) is 25.0 Å². The molecule has 0 spiro atoms. The summed E-state index contributed by atoms with van der Waals surface area (Å²) in [4.78, 5) is 11.5. The highest BCUT2D eigenvalue weighted by molar-refractivity contribution is 5.94. The van der Waals surface area contributed by atoms with Crippen molar-refractivity contribution in [1.82, 2.24) is 9.78 Å². The van der Waals surface area contributed by atoms with Crippen LogP contribution in [-0.4, -0.2) is 22.9 Å². The predicted octanol–water partition coefficient (Wildman–Crippen LogP) is 1.86. The maximum Gasteiger partial charge on any atom is 0.343 e. The molecule has 2 N–H and O–H groups in total.